The molecule has 0 spiro atoms. The second-order valence-electron chi connectivity index (χ2n) is 4.63. The number of nitrogens with one attached hydrogen (secondary N) is 1. The molecule has 0 heterocycles. The Bertz CT molecular complexity index is 569. The smallest absolute Gasteiger partial charge is 0.126 e. The first-order valence-electron chi connectivity index (χ1n) is 6.42. The number of hydrogen-bond acceptors (Lipinski definition) is 3. The van der Waals surface area contributed by atoms with Crippen LogP contribution in [0.3, 0.4) is 0 Å². The third kappa shape index (κ3) is 3.48. The predicted octanol–water partition coefficient (Wildman–Crippen LogP) is 3.29. The van der Waals surface area contributed by atoms with Crippen LogP contribution < -0.4 is 10.1 Å². The van der Waals surface area contributed by atoms with E-state index in [0.29, 0.717) is 12.1 Å². The van der Waals surface area contributed by atoms with E-state index in [0.717, 1.165) is 17.0 Å². The molecule has 1 unspecified atom stereocenters. The maximum atomic E-state index is 13.1. The zero-order valence-corrected chi connectivity index (χ0v) is 11.6. The Hall–Kier alpha value is -2.07. The number of benzene rings is 2. The first kappa shape index (κ1) is 14.3. The highest BCUT2D eigenvalue weighted by molar-refractivity contribution is 5.46. The summed E-state index contributed by atoms with van der Waals surface area (Å²) in [6.07, 6.45) is -0.633. The molecule has 0 amide bonds. The molecule has 2 rings (SSSR count). The number of ether oxygens (including phenoxy) is 1. The number of methoxy groups -OCH3 is 1. The highest BCUT2D eigenvalue weighted by atomic mass is 19.1. The summed E-state index contributed by atoms with van der Waals surface area (Å²) < 4.78 is 18.2. The molecule has 0 aliphatic heterocycles. The molecule has 0 bridgehead atoms. The molecule has 2 N–H and O–H groups in total. The number of rotatable bonds is 5. The third-order valence-corrected chi connectivity index (χ3v) is 3.16. The van der Waals surface area contributed by atoms with Crippen molar-refractivity contribution in [1.29, 1.82) is 0 Å². The van der Waals surface area contributed by atoms with Crippen molar-refractivity contribution in [3.63, 3.8) is 0 Å². The standard InChI is InChI=1S/C16H18FNO2/c1-11-9-13(5-8-15(11)17)18-10-16(19)12-3-6-14(20-2)7-4-12/h3-9,16,18-19H,10H2,1-2H3. The summed E-state index contributed by atoms with van der Waals surface area (Å²) in [6.45, 7) is 2.07. The van der Waals surface area contributed by atoms with E-state index in [1.165, 1.54) is 6.07 Å². The largest absolute Gasteiger partial charge is 0.497 e. The fourth-order valence-electron chi connectivity index (χ4n) is 1.91. The van der Waals surface area contributed by atoms with Crippen molar-refractivity contribution < 1.29 is 14.2 Å². The van der Waals surface area contributed by atoms with Crippen LogP contribution in [0.1, 0.15) is 17.2 Å². The lowest BCUT2D eigenvalue weighted by Gasteiger charge is -2.14. The van der Waals surface area contributed by atoms with Crippen LogP contribution in [0.15, 0.2) is 42.5 Å². The molecular weight excluding hydrogens is 257 g/mol. The fraction of sp³-hybridized carbons (Fsp3) is 0.250. The highest BCUT2D eigenvalue weighted by Gasteiger charge is 2.08. The second-order valence-corrected chi connectivity index (χ2v) is 4.63. The van der Waals surface area contributed by atoms with Crippen molar-refractivity contribution in [2.45, 2.75) is 13.0 Å². The molecular formula is C16H18FNO2. The Morgan fingerprint density at radius 3 is 2.50 bits per heavy atom. The molecule has 106 valence electrons. The Balaban J connectivity index is 1.96. The summed E-state index contributed by atoms with van der Waals surface area (Å²) in [5.41, 5.74) is 2.17. The quantitative estimate of drug-likeness (QED) is 0.879. The molecule has 4 heteroatoms. The Labute approximate surface area is 118 Å². The van der Waals surface area contributed by atoms with Gasteiger partial charge in [0.05, 0.1) is 13.2 Å². The molecule has 0 saturated carbocycles. The van der Waals surface area contributed by atoms with Crippen molar-refractivity contribution in [1.82, 2.24) is 0 Å². The third-order valence-electron chi connectivity index (χ3n) is 3.16. The Morgan fingerprint density at radius 1 is 1.20 bits per heavy atom. The minimum atomic E-state index is -0.633. The summed E-state index contributed by atoms with van der Waals surface area (Å²) in [5, 5.41) is 13.2. The molecule has 0 aromatic heterocycles. The van der Waals surface area contributed by atoms with Crippen LogP contribution in [0.25, 0.3) is 0 Å². The van der Waals surface area contributed by atoms with Gasteiger partial charge in [-0.25, -0.2) is 4.39 Å². The maximum absolute atomic E-state index is 13.1. The van der Waals surface area contributed by atoms with E-state index < -0.39 is 6.10 Å². The van der Waals surface area contributed by atoms with Gasteiger partial charge in [0.15, 0.2) is 0 Å². The first-order valence-corrected chi connectivity index (χ1v) is 6.42. The fourth-order valence-corrected chi connectivity index (χ4v) is 1.91. The molecule has 2 aromatic rings. The summed E-state index contributed by atoms with van der Waals surface area (Å²) in [7, 11) is 1.60. The van der Waals surface area contributed by atoms with Gasteiger partial charge in [-0.15, -0.1) is 0 Å². The van der Waals surface area contributed by atoms with Gasteiger partial charge in [-0.05, 0) is 48.4 Å². The summed E-state index contributed by atoms with van der Waals surface area (Å²) in [6, 6.07) is 12.0. The van der Waals surface area contributed by atoms with Crippen LogP contribution in [0, 0.1) is 12.7 Å². The zero-order chi connectivity index (χ0) is 14.5. The van der Waals surface area contributed by atoms with E-state index in [1.807, 2.05) is 12.1 Å². The molecule has 2 aromatic carbocycles. The monoisotopic (exact) mass is 275 g/mol. The minimum absolute atomic E-state index is 0.230. The molecule has 20 heavy (non-hydrogen) atoms. The summed E-state index contributed by atoms with van der Waals surface area (Å²) in [4.78, 5) is 0. The van der Waals surface area contributed by atoms with E-state index in [9.17, 15) is 9.50 Å². The molecule has 0 aliphatic carbocycles. The van der Waals surface area contributed by atoms with Crippen LogP contribution in [-0.2, 0) is 0 Å². The van der Waals surface area contributed by atoms with Crippen LogP contribution in [0.5, 0.6) is 5.75 Å². The molecule has 0 fully saturated rings. The number of halogens is 1. The van der Waals surface area contributed by atoms with Crippen LogP contribution in [0.2, 0.25) is 0 Å². The SMILES string of the molecule is COc1ccc(C(O)CNc2ccc(F)c(C)c2)cc1. The van der Waals surface area contributed by atoms with Crippen LogP contribution in [0.4, 0.5) is 10.1 Å². The van der Waals surface area contributed by atoms with Gasteiger partial charge in [0, 0.05) is 12.2 Å². The zero-order valence-electron chi connectivity index (χ0n) is 11.6. The Morgan fingerprint density at radius 2 is 1.90 bits per heavy atom. The van der Waals surface area contributed by atoms with Crippen LogP contribution >= 0.6 is 0 Å². The summed E-state index contributed by atoms with van der Waals surface area (Å²) >= 11 is 0. The van der Waals surface area contributed by atoms with Gasteiger partial charge < -0.3 is 15.2 Å². The van der Waals surface area contributed by atoms with Crippen molar-refractivity contribution in [2.75, 3.05) is 19.0 Å². The van der Waals surface area contributed by atoms with Gasteiger partial charge in [-0.1, -0.05) is 12.1 Å². The number of hydrogen-bond donors (Lipinski definition) is 2. The number of aliphatic hydroxyl groups is 1. The average Bonchev–Trinajstić information content (AvgIpc) is 2.48. The van der Waals surface area contributed by atoms with Gasteiger partial charge in [0.25, 0.3) is 0 Å². The van der Waals surface area contributed by atoms with Crippen molar-refractivity contribution in [2.24, 2.45) is 0 Å². The number of aryl methyl sites for hydroxylation is 1. The first-order chi connectivity index (χ1) is 9.60. The summed E-state index contributed by atoms with van der Waals surface area (Å²) in [5.74, 6) is 0.523. The van der Waals surface area contributed by atoms with E-state index in [2.05, 4.69) is 5.32 Å². The van der Waals surface area contributed by atoms with Gasteiger partial charge in [-0.2, -0.15) is 0 Å². The molecule has 3 nitrogen and oxygen atoms in total. The van der Waals surface area contributed by atoms with Crippen LogP contribution in [-0.4, -0.2) is 18.8 Å². The number of aliphatic hydroxyl groups excluding tert-OH is 1. The van der Waals surface area contributed by atoms with E-state index in [1.54, 1.807) is 38.3 Å². The lowest BCUT2D eigenvalue weighted by atomic mass is 10.1. The van der Waals surface area contributed by atoms with Crippen molar-refractivity contribution in [3.8, 4) is 5.75 Å². The number of anilines is 1. The van der Waals surface area contributed by atoms with Gasteiger partial charge >= 0.3 is 0 Å². The normalized spacial score (nSPS) is 12.0. The topological polar surface area (TPSA) is 41.5 Å². The van der Waals surface area contributed by atoms with Gasteiger partial charge in [0.2, 0.25) is 0 Å². The molecule has 1 atom stereocenters. The molecule has 0 saturated heterocycles. The van der Waals surface area contributed by atoms with Gasteiger partial charge in [0.1, 0.15) is 11.6 Å². The maximum Gasteiger partial charge on any atom is 0.126 e. The van der Waals surface area contributed by atoms with Crippen molar-refractivity contribution in [3.05, 3.63) is 59.4 Å². The highest BCUT2D eigenvalue weighted by Crippen LogP contribution is 2.19. The molecule has 0 aliphatic rings. The second kappa shape index (κ2) is 6.39. The van der Waals surface area contributed by atoms with Gasteiger partial charge in [-0.3, -0.25) is 0 Å². The lowest BCUT2D eigenvalue weighted by Crippen LogP contribution is -2.12. The minimum Gasteiger partial charge on any atom is -0.497 e. The van der Waals surface area contributed by atoms with E-state index >= 15 is 0 Å². The predicted molar refractivity (Wildman–Crippen MR) is 77.6 cm³/mol. The Kier molecular flexibility index (Phi) is 4.58. The van der Waals surface area contributed by atoms with Crippen molar-refractivity contribution >= 4 is 5.69 Å². The average molecular weight is 275 g/mol. The molecule has 0 radical (unpaired) electrons. The lowest BCUT2D eigenvalue weighted by molar-refractivity contribution is 0.191. The van der Waals surface area contributed by atoms with E-state index in [-0.39, 0.29) is 5.82 Å². The van der Waals surface area contributed by atoms with E-state index in [4.69, 9.17) is 4.74 Å².